The van der Waals surface area contributed by atoms with E-state index in [1.54, 1.807) is 6.92 Å². The topological polar surface area (TPSA) is 136 Å². The van der Waals surface area contributed by atoms with Crippen LogP contribution in [-0.2, 0) is 0 Å². The SMILES string of the molecule is CCCCCCCC(C)(C)C(C)(N)O.[O-][Cl+3]([O-])([O-])O. The highest BCUT2D eigenvalue weighted by atomic mass is 35.7. The molecule has 0 aromatic rings. The Morgan fingerprint density at radius 3 is 1.68 bits per heavy atom. The van der Waals surface area contributed by atoms with Crippen molar-refractivity contribution in [2.75, 3.05) is 0 Å². The van der Waals surface area contributed by atoms with Gasteiger partial charge in [0.2, 0.25) is 0 Å². The molecule has 0 aromatic carbocycles. The maximum absolute atomic E-state index is 9.73. The van der Waals surface area contributed by atoms with E-state index in [0.29, 0.717) is 0 Å². The minimum absolute atomic E-state index is 0.181. The van der Waals surface area contributed by atoms with Crippen molar-refractivity contribution < 1.29 is 34.0 Å². The number of unbranched alkanes of at least 4 members (excludes halogenated alkanes) is 4. The molecule has 0 saturated carbocycles. The van der Waals surface area contributed by atoms with Crippen LogP contribution in [0.3, 0.4) is 0 Å². The zero-order chi connectivity index (χ0) is 15.7. The first-order valence-corrected chi connectivity index (χ1v) is 7.72. The lowest BCUT2D eigenvalue weighted by Gasteiger charge is -2.37. The predicted molar refractivity (Wildman–Crippen MR) is 64.2 cm³/mol. The van der Waals surface area contributed by atoms with E-state index >= 15 is 0 Å². The molecule has 0 fully saturated rings. The molecule has 0 aromatic heterocycles. The summed E-state index contributed by atoms with van der Waals surface area (Å²) in [6.07, 6.45) is 7.32. The van der Waals surface area contributed by atoms with Gasteiger partial charge in [0.25, 0.3) is 0 Å². The molecule has 1 atom stereocenters. The fourth-order valence-corrected chi connectivity index (χ4v) is 1.42. The lowest BCUT2D eigenvalue weighted by atomic mass is 9.78. The summed E-state index contributed by atoms with van der Waals surface area (Å²) in [6, 6.07) is 0. The molecule has 118 valence electrons. The molecule has 4 N–H and O–H groups in total. The van der Waals surface area contributed by atoms with Crippen LogP contribution in [-0.4, -0.2) is 15.5 Å². The molecule has 6 nitrogen and oxygen atoms in total. The minimum atomic E-state index is -4.69. The Hall–Kier alpha value is 0.0500. The monoisotopic (exact) mass is 301 g/mol. The van der Waals surface area contributed by atoms with Crippen molar-refractivity contribution >= 4 is 0 Å². The number of halogens is 1. The van der Waals surface area contributed by atoms with Gasteiger partial charge in [-0.25, -0.2) is 0 Å². The van der Waals surface area contributed by atoms with Gasteiger partial charge in [0.05, 0.1) is 14.9 Å². The van der Waals surface area contributed by atoms with E-state index in [-0.39, 0.29) is 5.41 Å². The van der Waals surface area contributed by atoms with Gasteiger partial charge in [0.15, 0.2) is 0 Å². The van der Waals surface area contributed by atoms with Gasteiger partial charge in [-0.3, -0.25) is 0 Å². The Morgan fingerprint density at radius 1 is 1.00 bits per heavy atom. The molecule has 0 heterocycles. The van der Waals surface area contributed by atoms with Gasteiger partial charge in [0, 0.05) is 5.41 Å². The van der Waals surface area contributed by atoms with Crippen LogP contribution in [0.4, 0.5) is 0 Å². The highest BCUT2D eigenvalue weighted by Crippen LogP contribution is 2.32. The maximum Gasteiger partial charge on any atom is 0.115 e. The first kappa shape index (κ1) is 21.4. The zero-order valence-electron chi connectivity index (χ0n) is 12.3. The third kappa shape index (κ3) is 16.0. The highest BCUT2D eigenvalue weighted by Gasteiger charge is 2.34. The zero-order valence-corrected chi connectivity index (χ0v) is 13.1. The Kier molecular flexibility index (Phi) is 10.2. The minimum Gasteiger partial charge on any atom is -0.376 e. The molecule has 0 aliphatic rings. The van der Waals surface area contributed by atoms with E-state index in [1.165, 1.54) is 32.1 Å². The van der Waals surface area contributed by atoms with E-state index in [9.17, 15) is 5.11 Å². The van der Waals surface area contributed by atoms with Gasteiger partial charge in [-0.05, 0) is 13.3 Å². The van der Waals surface area contributed by atoms with Gasteiger partial charge in [-0.1, -0.05) is 52.9 Å². The van der Waals surface area contributed by atoms with Crippen molar-refractivity contribution in [2.24, 2.45) is 11.1 Å². The molecule has 1 unspecified atom stereocenters. The number of aliphatic hydroxyl groups is 1. The number of hydrogen-bond acceptors (Lipinski definition) is 6. The summed E-state index contributed by atoms with van der Waals surface area (Å²) in [6.45, 7) is 7.98. The molecule has 0 radical (unpaired) electrons. The molecule has 7 heteroatoms. The summed E-state index contributed by atoms with van der Waals surface area (Å²) in [5.74, 6) is 0. The standard InChI is InChI=1S/C12H27NO.ClHO4/c1-5-6-7-8-9-10-11(2,3)12(4,13)14;2-1(3,4)5/h14H,5-10,13H2,1-4H3;(H,2,3,4,5). The molecule has 0 aliphatic carbocycles. The van der Waals surface area contributed by atoms with Crippen molar-refractivity contribution in [1.29, 1.82) is 0 Å². The smallest absolute Gasteiger partial charge is 0.115 e. The average molecular weight is 302 g/mol. The molecule has 0 rings (SSSR count). The van der Waals surface area contributed by atoms with E-state index in [4.69, 9.17) is 24.4 Å². The van der Waals surface area contributed by atoms with Gasteiger partial charge in [0.1, 0.15) is 5.72 Å². The first-order chi connectivity index (χ1) is 8.31. The second kappa shape index (κ2) is 9.07. The van der Waals surface area contributed by atoms with Crippen LogP contribution in [0.2, 0.25) is 0 Å². The first-order valence-electron chi connectivity index (χ1n) is 6.45. The number of rotatable bonds is 7. The Labute approximate surface area is 118 Å². The predicted octanol–water partition coefficient (Wildman–Crippen LogP) is -1.08. The number of nitrogens with two attached hydrogens (primary N) is 1. The van der Waals surface area contributed by atoms with Crippen molar-refractivity contribution in [3.05, 3.63) is 0 Å². The van der Waals surface area contributed by atoms with Crippen molar-refractivity contribution in [2.45, 2.75) is 71.9 Å². The average Bonchev–Trinajstić information content (AvgIpc) is 2.12. The van der Waals surface area contributed by atoms with Crippen LogP contribution in [0.5, 0.6) is 0 Å². The van der Waals surface area contributed by atoms with E-state index in [0.717, 1.165) is 6.42 Å². The van der Waals surface area contributed by atoms with Crippen LogP contribution in [0, 0.1) is 15.7 Å². The maximum atomic E-state index is 9.73. The molecule has 0 saturated heterocycles. The largest absolute Gasteiger partial charge is 0.376 e. The van der Waals surface area contributed by atoms with Gasteiger partial charge >= 0.3 is 0 Å². The third-order valence-electron chi connectivity index (χ3n) is 3.28. The van der Waals surface area contributed by atoms with Crippen LogP contribution in [0.1, 0.15) is 66.2 Å². The number of hydrogen-bond donors (Lipinski definition) is 3. The van der Waals surface area contributed by atoms with E-state index in [2.05, 4.69) is 6.92 Å². The fraction of sp³-hybridized carbons (Fsp3) is 1.00. The van der Waals surface area contributed by atoms with Crippen molar-refractivity contribution in [1.82, 2.24) is 0 Å². The summed E-state index contributed by atoms with van der Waals surface area (Å²) in [7, 11) is -4.69. The molecular formula is C12H28ClNO5. The second-order valence-electron chi connectivity index (χ2n) is 5.59. The van der Waals surface area contributed by atoms with Crippen LogP contribution < -0.4 is 19.7 Å². The molecular weight excluding hydrogens is 274 g/mol. The summed E-state index contributed by atoms with van der Waals surface area (Å²) < 4.78 is 32.7. The van der Waals surface area contributed by atoms with Crippen LogP contribution in [0.15, 0.2) is 0 Å². The summed E-state index contributed by atoms with van der Waals surface area (Å²) >= 11 is 0. The van der Waals surface area contributed by atoms with Crippen molar-refractivity contribution in [3.8, 4) is 0 Å². The van der Waals surface area contributed by atoms with E-state index < -0.39 is 16.0 Å². The Bertz CT molecular complexity index is 217. The van der Waals surface area contributed by atoms with E-state index in [1.807, 2.05) is 13.8 Å². The summed E-state index contributed by atoms with van der Waals surface area (Å²) in [4.78, 5) is 0. The molecule has 0 aliphatic heterocycles. The lowest BCUT2D eigenvalue weighted by molar-refractivity contribution is -1.92. The van der Waals surface area contributed by atoms with Gasteiger partial charge < -0.3 is 10.8 Å². The van der Waals surface area contributed by atoms with Crippen molar-refractivity contribution in [3.63, 3.8) is 0 Å². The lowest BCUT2D eigenvalue weighted by Crippen LogP contribution is -2.58. The molecule has 0 bridgehead atoms. The van der Waals surface area contributed by atoms with Gasteiger partial charge in [-0.2, -0.15) is 14.0 Å². The molecule has 0 spiro atoms. The fourth-order valence-electron chi connectivity index (χ4n) is 1.42. The normalized spacial score (nSPS) is 15.5. The molecule has 19 heavy (non-hydrogen) atoms. The Morgan fingerprint density at radius 2 is 1.37 bits per heavy atom. The second-order valence-corrected chi connectivity index (χ2v) is 6.38. The Balaban J connectivity index is 0. The summed E-state index contributed by atoms with van der Waals surface area (Å²) in [5, 5.41) is 9.73. The highest BCUT2D eigenvalue weighted by molar-refractivity contribution is 4.84. The molecule has 0 amide bonds. The van der Waals surface area contributed by atoms with Crippen LogP contribution in [0.25, 0.3) is 0 Å². The van der Waals surface area contributed by atoms with Gasteiger partial charge in [-0.15, -0.1) is 0 Å². The third-order valence-corrected chi connectivity index (χ3v) is 3.28. The summed E-state index contributed by atoms with van der Waals surface area (Å²) in [5.41, 5.74) is 4.47. The van der Waals surface area contributed by atoms with Crippen LogP contribution >= 0.6 is 0 Å². The quantitative estimate of drug-likeness (QED) is 0.404.